The number of nitrogens with zero attached hydrogens (tertiary/aromatic N) is 2. The van der Waals surface area contributed by atoms with Gasteiger partial charge in [0.2, 0.25) is 0 Å². The zero-order valence-electron chi connectivity index (χ0n) is 16.0. The van der Waals surface area contributed by atoms with E-state index in [1.165, 1.54) is 17.4 Å². The molecule has 0 aliphatic heterocycles. The van der Waals surface area contributed by atoms with Crippen LogP contribution in [-0.2, 0) is 17.8 Å². The van der Waals surface area contributed by atoms with Gasteiger partial charge in [0, 0.05) is 4.88 Å². The van der Waals surface area contributed by atoms with E-state index in [2.05, 4.69) is 23.8 Å². The predicted octanol–water partition coefficient (Wildman–Crippen LogP) is 4.11. The Balaban J connectivity index is 1.82. The maximum Gasteiger partial charge on any atom is 0.338 e. The maximum atomic E-state index is 12.6. The molecule has 144 valence electrons. The Morgan fingerprint density at radius 1 is 1.43 bits per heavy atom. The Hall–Kier alpha value is -2.98. The summed E-state index contributed by atoms with van der Waals surface area (Å²) in [5, 5.41) is 9.57. The van der Waals surface area contributed by atoms with Gasteiger partial charge >= 0.3 is 5.97 Å². The van der Waals surface area contributed by atoms with Crippen LogP contribution in [0.1, 0.15) is 52.5 Å². The largest absolute Gasteiger partial charge is 0.454 e. The van der Waals surface area contributed by atoms with E-state index in [9.17, 15) is 9.59 Å². The number of nitriles is 1. The highest BCUT2D eigenvalue weighted by Gasteiger charge is 2.17. The third-order valence-corrected chi connectivity index (χ3v) is 5.77. The molecule has 1 N–H and O–H groups in total. The number of carbonyl (C=O) groups is 1. The van der Waals surface area contributed by atoms with Gasteiger partial charge in [-0.15, -0.1) is 11.3 Å². The number of esters is 1. The number of benzene rings is 1. The summed E-state index contributed by atoms with van der Waals surface area (Å²) in [5.41, 5.74) is 1.51. The zero-order chi connectivity index (χ0) is 20.3. The van der Waals surface area contributed by atoms with Crippen molar-refractivity contribution in [2.75, 3.05) is 0 Å². The van der Waals surface area contributed by atoms with Gasteiger partial charge in [-0.2, -0.15) is 5.26 Å². The minimum absolute atomic E-state index is 0.140. The summed E-state index contributed by atoms with van der Waals surface area (Å²) in [6.45, 7) is 6.17. The van der Waals surface area contributed by atoms with Crippen LogP contribution in [0.4, 0.5) is 0 Å². The van der Waals surface area contributed by atoms with Crippen molar-refractivity contribution < 1.29 is 9.53 Å². The minimum atomic E-state index is -0.570. The lowest BCUT2D eigenvalue weighted by atomic mass is 9.98. The summed E-state index contributed by atoms with van der Waals surface area (Å²) >= 11 is 1.49. The zero-order valence-corrected chi connectivity index (χ0v) is 16.9. The second-order valence-corrected chi connectivity index (χ2v) is 8.02. The SMILES string of the molecule is CC[C@@H](C)Cc1c(C)sc2nc(COC(=O)c3cccc(C#N)c3)[nH]c(=O)c12. The number of hydrogen-bond acceptors (Lipinski definition) is 6. The normalized spacial score (nSPS) is 11.9. The van der Waals surface area contributed by atoms with Gasteiger partial charge in [-0.05, 0) is 43.0 Å². The smallest absolute Gasteiger partial charge is 0.338 e. The molecule has 7 heteroatoms. The second kappa shape index (κ2) is 8.36. The number of thiophene rings is 1. The molecule has 0 fully saturated rings. The molecule has 0 saturated heterocycles. The highest BCUT2D eigenvalue weighted by molar-refractivity contribution is 7.18. The average molecular weight is 395 g/mol. The molecular formula is C21H21N3O3S. The van der Waals surface area contributed by atoms with E-state index in [-0.39, 0.29) is 17.7 Å². The Bertz CT molecular complexity index is 1120. The van der Waals surface area contributed by atoms with E-state index in [0.29, 0.717) is 27.5 Å². The Labute approximate surface area is 166 Å². The Morgan fingerprint density at radius 3 is 2.93 bits per heavy atom. The summed E-state index contributed by atoms with van der Waals surface area (Å²) in [6.07, 6.45) is 1.89. The number of aromatic nitrogens is 2. The molecule has 0 spiro atoms. The van der Waals surface area contributed by atoms with Crippen LogP contribution in [0.2, 0.25) is 0 Å². The lowest BCUT2D eigenvalue weighted by Gasteiger charge is -2.08. The molecule has 0 saturated carbocycles. The van der Waals surface area contributed by atoms with E-state index in [0.717, 1.165) is 23.3 Å². The van der Waals surface area contributed by atoms with E-state index in [1.807, 2.05) is 13.0 Å². The first kappa shape index (κ1) is 19.8. The molecule has 1 atom stereocenters. The van der Waals surface area contributed by atoms with Crippen LogP contribution >= 0.6 is 11.3 Å². The van der Waals surface area contributed by atoms with Gasteiger partial charge in [-0.25, -0.2) is 9.78 Å². The number of nitrogens with one attached hydrogen (secondary N) is 1. The average Bonchev–Trinajstić information content (AvgIpc) is 3.01. The summed E-state index contributed by atoms with van der Waals surface area (Å²) in [5.74, 6) is 0.221. The van der Waals surface area contributed by atoms with Gasteiger partial charge in [0.15, 0.2) is 0 Å². The van der Waals surface area contributed by atoms with Crippen LogP contribution < -0.4 is 5.56 Å². The molecule has 0 unspecified atom stereocenters. The number of rotatable bonds is 6. The first-order valence-corrected chi connectivity index (χ1v) is 9.93. The lowest BCUT2D eigenvalue weighted by molar-refractivity contribution is 0.0462. The standard InChI is InChI=1S/C21H21N3O3S/c1-4-12(2)8-16-13(3)28-20-18(16)19(25)23-17(24-20)11-27-21(26)15-7-5-6-14(9-15)10-22/h5-7,9,12H,4,8,11H2,1-3H3,(H,23,24,25)/t12-/m1/s1. The highest BCUT2D eigenvalue weighted by Crippen LogP contribution is 2.29. The van der Waals surface area contributed by atoms with Gasteiger partial charge in [0.05, 0.1) is 22.6 Å². The third-order valence-electron chi connectivity index (χ3n) is 4.73. The van der Waals surface area contributed by atoms with Crippen molar-refractivity contribution in [3.8, 4) is 6.07 Å². The van der Waals surface area contributed by atoms with E-state index in [1.54, 1.807) is 18.2 Å². The van der Waals surface area contributed by atoms with Crippen molar-refractivity contribution in [3.63, 3.8) is 0 Å². The van der Waals surface area contributed by atoms with Crippen molar-refractivity contribution in [3.05, 3.63) is 62.0 Å². The summed E-state index contributed by atoms with van der Waals surface area (Å²) < 4.78 is 5.26. The van der Waals surface area contributed by atoms with Gasteiger partial charge in [-0.1, -0.05) is 26.3 Å². The van der Waals surface area contributed by atoms with E-state index >= 15 is 0 Å². The molecular weight excluding hydrogens is 374 g/mol. The van der Waals surface area contributed by atoms with Crippen molar-refractivity contribution in [2.24, 2.45) is 5.92 Å². The van der Waals surface area contributed by atoms with Gasteiger partial charge in [0.25, 0.3) is 5.56 Å². The van der Waals surface area contributed by atoms with Crippen LogP contribution in [0.25, 0.3) is 10.2 Å². The number of aromatic amines is 1. The lowest BCUT2D eigenvalue weighted by Crippen LogP contribution is -2.15. The molecule has 2 heterocycles. The number of aryl methyl sites for hydroxylation is 1. The van der Waals surface area contributed by atoms with Gasteiger partial charge in [-0.3, -0.25) is 4.79 Å². The first-order chi connectivity index (χ1) is 13.4. The topological polar surface area (TPSA) is 95.8 Å². The third kappa shape index (κ3) is 4.12. The molecule has 1 aromatic carbocycles. The predicted molar refractivity (Wildman–Crippen MR) is 108 cm³/mol. The molecule has 0 aliphatic carbocycles. The molecule has 3 aromatic rings. The maximum absolute atomic E-state index is 12.6. The van der Waals surface area contributed by atoms with Crippen molar-refractivity contribution >= 4 is 27.5 Å². The first-order valence-electron chi connectivity index (χ1n) is 9.11. The van der Waals surface area contributed by atoms with Gasteiger partial charge < -0.3 is 9.72 Å². The van der Waals surface area contributed by atoms with Crippen molar-refractivity contribution in [2.45, 2.75) is 40.2 Å². The van der Waals surface area contributed by atoms with Crippen molar-refractivity contribution in [1.82, 2.24) is 9.97 Å². The second-order valence-electron chi connectivity index (χ2n) is 6.82. The number of ether oxygens (including phenoxy) is 1. The number of H-pyrrole nitrogens is 1. The summed E-state index contributed by atoms with van der Waals surface area (Å²) in [4.78, 5) is 33.8. The quantitative estimate of drug-likeness (QED) is 0.634. The molecule has 0 bridgehead atoms. The molecule has 2 aromatic heterocycles. The fourth-order valence-electron chi connectivity index (χ4n) is 2.96. The number of hydrogen-bond donors (Lipinski definition) is 1. The van der Waals surface area contributed by atoms with E-state index in [4.69, 9.17) is 10.00 Å². The number of carbonyl (C=O) groups excluding carboxylic acids is 1. The Kier molecular flexibility index (Phi) is 5.90. The van der Waals surface area contributed by atoms with Crippen LogP contribution in [0.5, 0.6) is 0 Å². The fourth-order valence-corrected chi connectivity index (χ4v) is 4.03. The monoisotopic (exact) mass is 395 g/mol. The van der Waals surface area contributed by atoms with Crippen LogP contribution in [-0.4, -0.2) is 15.9 Å². The van der Waals surface area contributed by atoms with Crippen molar-refractivity contribution in [1.29, 1.82) is 5.26 Å². The Morgan fingerprint density at radius 2 is 2.21 bits per heavy atom. The molecule has 28 heavy (non-hydrogen) atoms. The van der Waals surface area contributed by atoms with Crippen LogP contribution in [0.15, 0.2) is 29.1 Å². The van der Waals surface area contributed by atoms with Crippen LogP contribution in [0.3, 0.4) is 0 Å². The molecule has 0 radical (unpaired) electrons. The number of fused-ring (bicyclic) bond motifs is 1. The molecule has 3 rings (SSSR count). The molecule has 0 aliphatic rings. The highest BCUT2D eigenvalue weighted by atomic mass is 32.1. The van der Waals surface area contributed by atoms with Crippen LogP contribution in [0, 0.1) is 24.2 Å². The minimum Gasteiger partial charge on any atom is -0.454 e. The van der Waals surface area contributed by atoms with E-state index < -0.39 is 5.97 Å². The van der Waals surface area contributed by atoms with Gasteiger partial charge in [0.1, 0.15) is 17.3 Å². The molecule has 6 nitrogen and oxygen atoms in total. The summed E-state index contributed by atoms with van der Waals surface area (Å²) in [6, 6.07) is 8.25. The summed E-state index contributed by atoms with van der Waals surface area (Å²) in [7, 11) is 0. The molecule has 0 amide bonds. The fraction of sp³-hybridized carbons (Fsp3) is 0.333.